The van der Waals surface area contributed by atoms with Gasteiger partial charge in [-0.1, -0.05) is 12.1 Å². The molecular weight excluding hydrogens is 251 g/mol. The van der Waals surface area contributed by atoms with E-state index in [1.54, 1.807) is 6.07 Å². The highest BCUT2D eigenvalue weighted by Crippen LogP contribution is 2.26. The van der Waals surface area contributed by atoms with Crippen LogP contribution in [0.5, 0.6) is 0 Å². The Bertz CT molecular complexity index is 413. The summed E-state index contributed by atoms with van der Waals surface area (Å²) in [5.41, 5.74) is 1.08. The summed E-state index contributed by atoms with van der Waals surface area (Å²) in [5, 5.41) is 3.42. The topological polar surface area (TPSA) is 15.3 Å². The van der Waals surface area contributed by atoms with Crippen LogP contribution in [0, 0.1) is 11.7 Å². The summed E-state index contributed by atoms with van der Waals surface area (Å²) in [6, 6.07) is 7.77. The summed E-state index contributed by atoms with van der Waals surface area (Å²) < 4.78 is 13.4. The molecular formula is C17H27FN2. The molecule has 0 aromatic heterocycles. The van der Waals surface area contributed by atoms with Crippen LogP contribution < -0.4 is 5.32 Å². The second kappa shape index (κ2) is 7.19. The molecule has 2 nitrogen and oxygen atoms in total. The van der Waals surface area contributed by atoms with Crippen LogP contribution in [0.1, 0.15) is 45.2 Å². The SMILES string of the molecule is CC(C)N(CC1CCNCC1)C(C)c1cccc(F)c1. The number of benzene rings is 1. The maximum absolute atomic E-state index is 13.4. The van der Waals surface area contributed by atoms with E-state index in [0.717, 1.165) is 31.1 Å². The Labute approximate surface area is 122 Å². The van der Waals surface area contributed by atoms with E-state index in [9.17, 15) is 4.39 Å². The highest BCUT2D eigenvalue weighted by Gasteiger charge is 2.23. The summed E-state index contributed by atoms with van der Waals surface area (Å²) in [6.45, 7) is 10.0. The molecule has 3 heteroatoms. The molecule has 1 aromatic carbocycles. The minimum atomic E-state index is -0.139. The zero-order valence-corrected chi connectivity index (χ0v) is 12.9. The van der Waals surface area contributed by atoms with Crippen molar-refractivity contribution < 1.29 is 4.39 Å². The van der Waals surface area contributed by atoms with Gasteiger partial charge in [-0.2, -0.15) is 0 Å². The molecule has 2 rings (SSSR count). The number of halogens is 1. The van der Waals surface area contributed by atoms with Gasteiger partial charge in [-0.15, -0.1) is 0 Å². The molecule has 1 aliphatic rings. The standard InChI is InChI=1S/C17H27FN2/c1-13(2)20(12-15-7-9-19-10-8-15)14(3)16-5-4-6-17(18)11-16/h4-6,11,13-15,19H,7-10,12H2,1-3H3. The second-order valence-corrected chi connectivity index (χ2v) is 6.21. The van der Waals surface area contributed by atoms with Gasteiger partial charge in [-0.05, 0) is 70.3 Å². The van der Waals surface area contributed by atoms with Crippen LogP contribution in [-0.4, -0.2) is 30.6 Å². The fourth-order valence-electron chi connectivity index (χ4n) is 3.14. The van der Waals surface area contributed by atoms with Gasteiger partial charge in [0.2, 0.25) is 0 Å². The molecule has 1 aromatic rings. The molecule has 1 atom stereocenters. The van der Waals surface area contributed by atoms with Crippen molar-refractivity contribution in [1.29, 1.82) is 0 Å². The van der Waals surface area contributed by atoms with Gasteiger partial charge < -0.3 is 5.32 Å². The van der Waals surface area contributed by atoms with E-state index in [0.29, 0.717) is 6.04 Å². The minimum absolute atomic E-state index is 0.139. The Kier molecular flexibility index (Phi) is 5.55. The van der Waals surface area contributed by atoms with E-state index in [1.807, 2.05) is 12.1 Å². The summed E-state index contributed by atoms with van der Waals surface area (Å²) in [6.07, 6.45) is 2.50. The lowest BCUT2D eigenvalue weighted by atomic mass is 9.95. The van der Waals surface area contributed by atoms with E-state index in [-0.39, 0.29) is 11.9 Å². The molecule has 0 aliphatic carbocycles. The fourth-order valence-corrected chi connectivity index (χ4v) is 3.14. The first-order chi connectivity index (χ1) is 9.58. The fraction of sp³-hybridized carbons (Fsp3) is 0.647. The molecule has 0 bridgehead atoms. The maximum atomic E-state index is 13.4. The van der Waals surface area contributed by atoms with Gasteiger partial charge in [0.05, 0.1) is 0 Å². The number of nitrogens with zero attached hydrogens (tertiary/aromatic N) is 1. The lowest BCUT2D eigenvalue weighted by molar-refractivity contribution is 0.125. The van der Waals surface area contributed by atoms with E-state index in [2.05, 4.69) is 31.0 Å². The average molecular weight is 278 g/mol. The number of piperidine rings is 1. The van der Waals surface area contributed by atoms with E-state index >= 15 is 0 Å². The van der Waals surface area contributed by atoms with Crippen LogP contribution in [0.15, 0.2) is 24.3 Å². The van der Waals surface area contributed by atoms with Gasteiger partial charge in [0.15, 0.2) is 0 Å². The lowest BCUT2D eigenvalue weighted by Gasteiger charge is -2.37. The van der Waals surface area contributed by atoms with Crippen LogP contribution in [0.4, 0.5) is 4.39 Å². The molecule has 0 saturated carbocycles. The third kappa shape index (κ3) is 4.03. The molecule has 0 radical (unpaired) electrons. The van der Waals surface area contributed by atoms with Crippen molar-refractivity contribution in [3.8, 4) is 0 Å². The zero-order valence-electron chi connectivity index (χ0n) is 12.9. The molecule has 0 amide bonds. The highest BCUT2D eigenvalue weighted by molar-refractivity contribution is 5.19. The Morgan fingerprint density at radius 2 is 1.95 bits per heavy atom. The predicted octanol–water partition coefficient (Wildman–Crippen LogP) is 3.60. The van der Waals surface area contributed by atoms with Crippen molar-refractivity contribution in [2.45, 2.75) is 45.7 Å². The Morgan fingerprint density at radius 1 is 1.25 bits per heavy atom. The van der Waals surface area contributed by atoms with Crippen molar-refractivity contribution in [3.05, 3.63) is 35.6 Å². The number of nitrogens with one attached hydrogen (secondary N) is 1. The predicted molar refractivity (Wildman–Crippen MR) is 82.3 cm³/mol. The molecule has 1 aliphatic heterocycles. The minimum Gasteiger partial charge on any atom is -0.317 e. The van der Waals surface area contributed by atoms with Crippen molar-refractivity contribution in [3.63, 3.8) is 0 Å². The molecule has 112 valence electrons. The molecule has 1 unspecified atom stereocenters. The molecule has 1 saturated heterocycles. The van der Waals surface area contributed by atoms with Gasteiger partial charge >= 0.3 is 0 Å². The van der Waals surface area contributed by atoms with Crippen LogP contribution in [-0.2, 0) is 0 Å². The number of rotatable bonds is 5. The van der Waals surface area contributed by atoms with Gasteiger partial charge in [-0.25, -0.2) is 4.39 Å². The summed E-state index contributed by atoms with van der Waals surface area (Å²) in [5.74, 6) is 0.620. The first kappa shape index (κ1) is 15.5. The third-order valence-corrected chi connectivity index (χ3v) is 4.42. The first-order valence-electron chi connectivity index (χ1n) is 7.80. The van der Waals surface area contributed by atoms with Gasteiger partial charge in [0.25, 0.3) is 0 Å². The van der Waals surface area contributed by atoms with Crippen LogP contribution in [0.2, 0.25) is 0 Å². The summed E-state index contributed by atoms with van der Waals surface area (Å²) >= 11 is 0. The quantitative estimate of drug-likeness (QED) is 0.885. The van der Waals surface area contributed by atoms with Gasteiger partial charge in [0, 0.05) is 18.6 Å². The van der Waals surface area contributed by atoms with Crippen molar-refractivity contribution in [2.75, 3.05) is 19.6 Å². The van der Waals surface area contributed by atoms with Crippen LogP contribution >= 0.6 is 0 Å². The van der Waals surface area contributed by atoms with Crippen molar-refractivity contribution >= 4 is 0 Å². The molecule has 0 spiro atoms. The highest BCUT2D eigenvalue weighted by atomic mass is 19.1. The van der Waals surface area contributed by atoms with Crippen molar-refractivity contribution in [2.24, 2.45) is 5.92 Å². The maximum Gasteiger partial charge on any atom is 0.123 e. The largest absolute Gasteiger partial charge is 0.317 e. The normalized spacial score (nSPS) is 18.7. The molecule has 1 fully saturated rings. The van der Waals surface area contributed by atoms with E-state index in [1.165, 1.54) is 18.9 Å². The average Bonchev–Trinajstić information content (AvgIpc) is 2.45. The Balaban J connectivity index is 2.07. The summed E-state index contributed by atoms with van der Waals surface area (Å²) in [4.78, 5) is 2.50. The van der Waals surface area contributed by atoms with Gasteiger partial charge in [0.1, 0.15) is 5.82 Å². The van der Waals surface area contributed by atoms with Crippen LogP contribution in [0.25, 0.3) is 0 Å². The molecule has 1 heterocycles. The monoisotopic (exact) mass is 278 g/mol. The van der Waals surface area contributed by atoms with Gasteiger partial charge in [-0.3, -0.25) is 4.90 Å². The number of hydrogen-bond donors (Lipinski definition) is 1. The number of hydrogen-bond acceptors (Lipinski definition) is 2. The summed E-state index contributed by atoms with van der Waals surface area (Å²) in [7, 11) is 0. The lowest BCUT2D eigenvalue weighted by Crippen LogP contribution is -2.40. The second-order valence-electron chi connectivity index (χ2n) is 6.21. The van der Waals surface area contributed by atoms with Crippen molar-refractivity contribution in [1.82, 2.24) is 10.2 Å². The third-order valence-electron chi connectivity index (χ3n) is 4.42. The smallest absolute Gasteiger partial charge is 0.123 e. The van der Waals surface area contributed by atoms with Crippen LogP contribution in [0.3, 0.4) is 0 Å². The Hall–Kier alpha value is -0.930. The van der Waals surface area contributed by atoms with E-state index < -0.39 is 0 Å². The molecule has 1 N–H and O–H groups in total. The Morgan fingerprint density at radius 3 is 2.55 bits per heavy atom. The van der Waals surface area contributed by atoms with E-state index in [4.69, 9.17) is 0 Å². The zero-order chi connectivity index (χ0) is 14.5. The molecule has 20 heavy (non-hydrogen) atoms. The first-order valence-corrected chi connectivity index (χ1v) is 7.80.